The largest absolute Gasteiger partial charge is 0.477 e. The predicted octanol–water partition coefficient (Wildman–Crippen LogP) is 0.790. The van der Waals surface area contributed by atoms with Crippen molar-refractivity contribution in [2.75, 3.05) is 25.2 Å². The highest BCUT2D eigenvalue weighted by atomic mass is 16.5. The first-order chi connectivity index (χ1) is 8.22. The van der Waals surface area contributed by atoms with Gasteiger partial charge in [-0.3, -0.25) is 0 Å². The number of aromatic carboxylic acids is 1. The average Bonchev–Trinajstić information content (AvgIpc) is 3.14. The summed E-state index contributed by atoms with van der Waals surface area (Å²) in [7, 11) is 1.64. The van der Waals surface area contributed by atoms with Gasteiger partial charge in [0.1, 0.15) is 0 Å². The lowest BCUT2D eigenvalue weighted by Gasteiger charge is -2.21. The number of carbonyl (C=O) groups is 1. The average molecular weight is 237 g/mol. The van der Waals surface area contributed by atoms with Crippen LogP contribution < -0.4 is 4.90 Å². The summed E-state index contributed by atoms with van der Waals surface area (Å²) in [5.41, 5.74) is 0.0260. The Bertz CT molecular complexity index is 407. The van der Waals surface area contributed by atoms with E-state index in [0.717, 1.165) is 12.8 Å². The maximum absolute atomic E-state index is 10.8. The van der Waals surface area contributed by atoms with E-state index in [1.807, 2.05) is 4.90 Å². The van der Waals surface area contributed by atoms with Crippen molar-refractivity contribution in [3.05, 3.63) is 18.0 Å². The molecule has 1 aromatic heterocycles. The van der Waals surface area contributed by atoms with Crippen LogP contribution in [0.3, 0.4) is 0 Å². The summed E-state index contributed by atoms with van der Waals surface area (Å²) in [5.74, 6) is -0.555. The van der Waals surface area contributed by atoms with Crippen LogP contribution in [0.4, 0.5) is 5.95 Å². The van der Waals surface area contributed by atoms with Gasteiger partial charge in [0.2, 0.25) is 5.95 Å². The first-order valence-corrected chi connectivity index (χ1v) is 5.54. The van der Waals surface area contributed by atoms with Crippen LogP contribution >= 0.6 is 0 Å². The lowest BCUT2D eigenvalue weighted by molar-refractivity contribution is 0.0690. The summed E-state index contributed by atoms with van der Waals surface area (Å²) in [6, 6.07) is 1.82. The normalized spacial score (nSPS) is 14.6. The molecule has 1 heterocycles. The fraction of sp³-hybridized carbons (Fsp3) is 0.545. The van der Waals surface area contributed by atoms with Gasteiger partial charge in [-0.15, -0.1) is 0 Å². The third-order valence-corrected chi connectivity index (χ3v) is 2.64. The van der Waals surface area contributed by atoms with Gasteiger partial charge in [-0.2, -0.15) is 0 Å². The summed E-state index contributed by atoms with van der Waals surface area (Å²) in [6.45, 7) is 1.27. The van der Waals surface area contributed by atoms with Crippen LogP contribution in [0, 0.1) is 0 Å². The van der Waals surface area contributed by atoms with Crippen molar-refractivity contribution in [3.8, 4) is 0 Å². The van der Waals surface area contributed by atoms with Crippen LogP contribution in [0.1, 0.15) is 23.3 Å². The molecule has 0 atom stereocenters. The molecule has 1 fully saturated rings. The number of carboxylic acids is 1. The molecule has 1 N–H and O–H groups in total. The molecular weight excluding hydrogens is 222 g/mol. The maximum Gasteiger partial charge on any atom is 0.354 e. The Morgan fingerprint density at radius 1 is 1.65 bits per heavy atom. The van der Waals surface area contributed by atoms with Crippen LogP contribution in [-0.2, 0) is 4.74 Å². The van der Waals surface area contributed by atoms with E-state index in [4.69, 9.17) is 9.84 Å². The van der Waals surface area contributed by atoms with Gasteiger partial charge in [0.05, 0.1) is 6.61 Å². The first-order valence-electron chi connectivity index (χ1n) is 5.54. The Balaban J connectivity index is 2.16. The molecule has 0 saturated heterocycles. The van der Waals surface area contributed by atoms with Gasteiger partial charge in [0.25, 0.3) is 0 Å². The Morgan fingerprint density at radius 2 is 2.41 bits per heavy atom. The predicted molar refractivity (Wildman–Crippen MR) is 61.2 cm³/mol. The number of hydrogen-bond donors (Lipinski definition) is 1. The highest BCUT2D eigenvalue weighted by molar-refractivity contribution is 5.85. The van der Waals surface area contributed by atoms with E-state index in [0.29, 0.717) is 25.1 Å². The van der Waals surface area contributed by atoms with Crippen LogP contribution in [0.25, 0.3) is 0 Å². The lowest BCUT2D eigenvalue weighted by Crippen LogP contribution is -2.31. The topological polar surface area (TPSA) is 75.5 Å². The van der Waals surface area contributed by atoms with E-state index in [9.17, 15) is 4.79 Å². The Kier molecular flexibility index (Phi) is 3.53. The highest BCUT2D eigenvalue weighted by Crippen LogP contribution is 2.29. The van der Waals surface area contributed by atoms with Gasteiger partial charge < -0.3 is 14.7 Å². The first kappa shape index (κ1) is 11.8. The number of rotatable bonds is 6. The van der Waals surface area contributed by atoms with E-state index >= 15 is 0 Å². The SMILES string of the molecule is COCCN(c1nccc(C(=O)O)n1)C1CC1. The molecule has 0 aromatic carbocycles. The second-order valence-corrected chi connectivity index (χ2v) is 3.96. The van der Waals surface area contributed by atoms with Crippen LogP contribution in [0.15, 0.2) is 12.3 Å². The smallest absolute Gasteiger partial charge is 0.354 e. The van der Waals surface area contributed by atoms with Crippen molar-refractivity contribution < 1.29 is 14.6 Å². The van der Waals surface area contributed by atoms with Crippen LogP contribution in [-0.4, -0.2) is 47.3 Å². The van der Waals surface area contributed by atoms with Crippen molar-refractivity contribution in [1.29, 1.82) is 0 Å². The minimum Gasteiger partial charge on any atom is -0.477 e. The van der Waals surface area contributed by atoms with Crippen molar-refractivity contribution in [3.63, 3.8) is 0 Å². The van der Waals surface area contributed by atoms with Crippen LogP contribution in [0.2, 0.25) is 0 Å². The van der Waals surface area contributed by atoms with E-state index in [2.05, 4.69) is 9.97 Å². The Hall–Kier alpha value is -1.69. The van der Waals surface area contributed by atoms with E-state index in [1.54, 1.807) is 7.11 Å². The molecule has 0 amide bonds. The number of ether oxygens (including phenoxy) is 1. The van der Waals surface area contributed by atoms with Gasteiger partial charge in [-0.1, -0.05) is 0 Å². The number of methoxy groups -OCH3 is 1. The second-order valence-electron chi connectivity index (χ2n) is 3.96. The fourth-order valence-electron chi connectivity index (χ4n) is 1.63. The molecule has 0 aliphatic heterocycles. The third kappa shape index (κ3) is 2.91. The molecule has 0 unspecified atom stereocenters. The van der Waals surface area contributed by atoms with Gasteiger partial charge in [-0.05, 0) is 18.9 Å². The number of anilines is 1. The molecule has 1 aliphatic carbocycles. The minimum atomic E-state index is -1.03. The summed E-state index contributed by atoms with van der Waals surface area (Å²) < 4.78 is 5.04. The summed E-state index contributed by atoms with van der Waals surface area (Å²) in [6.07, 6.45) is 3.68. The molecule has 2 rings (SSSR count). The van der Waals surface area contributed by atoms with Gasteiger partial charge in [0.15, 0.2) is 5.69 Å². The monoisotopic (exact) mass is 237 g/mol. The zero-order chi connectivity index (χ0) is 12.3. The molecule has 0 bridgehead atoms. The molecule has 0 radical (unpaired) electrons. The molecule has 17 heavy (non-hydrogen) atoms. The summed E-state index contributed by atoms with van der Waals surface area (Å²) >= 11 is 0. The molecule has 1 saturated carbocycles. The van der Waals surface area contributed by atoms with E-state index in [1.165, 1.54) is 12.3 Å². The van der Waals surface area contributed by atoms with Crippen molar-refractivity contribution in [2.45, 2.75) is 18.9 Å². The van der Waals surface area contributed by atoms with Gasteiger partial charge in [0, 0.05) is 25.9 Å². The zero-order valence-corrected chi connectivity index (χ0v) is 9.67. The summed E-state index contributed by atoms with van der Waals surface area (Å²) in [4.78, 5) is 21.0. The zero-order valence-electron chi connectivity index (χ0n) is 9.67. The molecule has 1 aromatic rings. The van der Waals surface area contributed by atoms with Crippen molar-refractivity contribution in [1.82, 2.24) is 9.97 Å². The Morgan fingerprint density at radius 3 is 3.00 bits per heavy atom. The second kappa shape index (κ2) is 5.09. The number of carboxylic acid groups (broad SMARTS) is 1. The number of nitrogens with zero attached hydrogens (tertiary/aromatic N) is 3. The molecule has 0 spiro atoms. The molecule has 92 valence electrons. The van der Waals surface area contributed by atoms with Crippen LogP contribution in [0.5, 0.6) is 0 Å². The van der Waals surface area contributed by atoms with E-state index < -0.39 is 5.97 Å². The van der Waals surface area contributed by atoms with E-state index in [-0.39, 0.29) is 5.69 Å². The lowest BCUT2D eigenvalue weighted by atomic mass is 10.4. The van der Waals surface area contributed by atoms with Crippen molar-refractivity contribution >= 4 is 11.9 Å². The minimum absolute atomic E-state index is 0.0260. The Labute approximate surface area is 99.2 Å². The third-order valence-electron chi connectivity index (χ3n) is 2.64. The van der Waals surface area contributed by atoms with Crippen molar-refractivity contribution in [2.24, 2.45) is 0 Å². The number of aromatic nitrogens is 2. The molecule has 1 aliphatic rings. The molecule has 6 heteroatoms. The fourth-order valence-corrected chi connectivity index (χ4v) is 1.63. The highest BCUT2D eigenvalue weighted by Gasteiger charge is 2.30. The van der Waals surface area contributed by atoms with Gasteiger partial charge in [-0.25, -0.2) is 14.8 Å². The molecular formula is C11H15N3O3. The molecule has 6 nitrogen and oxygen atoms in total. The summed E-state index contributed by atoms with van der Waals surface area (Å²) in [5, 5.41) is 8.89. The van der Waals surface area contributed by atoms with Gasteiger partial charge >= 0.3 is 5.97 Å². The quantitative estimate of drug-likeness (QED) is 0.788. The maximum atomic E-state index is 10.8. The number of hydrogen-bond acceptors (Lipinski definition) is 5. The standard InChI is InChI=1S/C11H15N3O3/c1-17-7-6-14(8-2-3-8)11-12-5-4-9(13-11)10(15)16/h4-5,8H,2-3,6-7H2,1H3,(H,15,16).